The van der Waals surface area contributed by atoms with Gasteiger partial charge in [0.05, 0.1) is 18.9 Å². The van der Waals surface area contributed by atoms with Crippen LogP contribution in [0.25, 0.3) is 5.65 Å². The number of nitrogens with zero attached hydrogens (tertiary/aromatic N) is 2. The van der Waals surface area contributed by atoms with Crippen LogP contribution in [0.3, 0.4) is 0 Å². The molecule has 0 aliphatic carbocycles. The third kappa shape index (κ3) is 4.17. The molecule has 0 spiro atoms. The van der Waals surface area contributed by atoms with Gasteiger partial charge in [-0.3, -0.25) is 9.20 Å². The average Bonchev–Trinajstić information content (AvgIpc) is 2.46. The van der Waals surface area contributed by atoms with Gasteiger partial charge in [0.25, 0.3) is 5.56 Å². The quantitative estimate of drug-likeness (QED) is 0.727. The molecule has 0 saturated heterocycles. The molecule has 2 aromatic rings. The molecule has 0 radical (unpaired) electrons. The summed E-state index contributed by atoms with van der Waals surface area (Å²) in [5.74, 6) is 0.290. The van der Waals surface area contributed by atoms with Crippen LogP contribution in [0, 0.1) is 0 Å². The van der Waals surface area contributed by atoms with E-state index in [1.54, 1.807) is 32.2 Å². The fourth-order valence-corrected chi connectivity index (χ4v) is 5.00. The molecule has 2 aromatic heterocycles. The van der Waals surface area contributed by atoms with Gasteiger partial charge in [0.1, 0.15) is 5.65 Å². The number of pyridine rings is 1. The molecule has 0 bridgehead atoms. The van der Waals surface area contributed by atoms with Crippen molar-refractivity contribution >= 4 is 23.8 Å². The van der Waals surface area contributed by atoms with Crippen LogP contribution in [-0.2, 0) is 19.4 Å². The molecule has 0 unspecified atom stereocenters. The highest BCUT2D eigenvalue weighted by Crippen LogP contribution is 2.61. The van der Waals surface area contributed by atoms with Gasteiger partial charge in [-0.1, -0.05) is 6.07 Å². The predicted molar refractivity (Wildman–Crippen MR) is 83.6 cm³/mol. The second kappa shape index (κ2) is 7.22. The van der Waals surface area contributed by atoms with Crippen LogP contribution >= 0.6 is 18.2 Å². The van der Waals surface area contributed by atoms with E-state index in [1.165, 1.54) is 10.5 Å². The highest BCUT2D eigenvalue weighted by atomic mass is 32.7. The average molecular weight is 328 g/mol. The first-order chi connectivity index (χ1) is 10.1. The van der Waals surface area contributed by atoms with E-state index in [2.05, 4.69) is 4.98 Å². The molecule has 8 heteroatoms. The van der Waals surface area contributed by atoms with Gasteiger partial charge in [0, 0.05) is 18.0 Å². The van der Waals surface area contributed by atoms with Gasteiger partial charge in [-0.2, -0.15) is 0 Å². The summed E-state index contributed by atoms with van der Waals surface area (Å²) in [7, 11) is 0. The summed E-state index contributed by atoms with van der Waals surface area (Å²) in [6.07, 6.45) is 1.66. The monoisotopic (exact) mass is 328 g/mol. The largest absolute Gasteiger partial charge is 0.389 e. The maximum absolute atomic E-state index is 12.3. The Morgan fingerprint density at radius 2 is 2.00 bits per heavy atom. The van der Waals surface area contributed by atoms with Crippen LogP contribution in [0.1, 0.15) is 19.5 Å². The number of aromatic nitrogens is 2. The van der Waals surface area contributed by atoms with Crippen LogP contribution in [0.5, 0.6) is 0 Å². The number of hydrogen-bond donors (Lipinski definition) is 0. The summed E-state index contributed by atoms with van der Waals surface area (Å²) >= 11 is 1.04. The Hall–Kier alpha value is -1.14. The van der Waals surface area contributed by atoms with Gasteiger partial charge >= 0.3 is 6.80 Å². The summed E-state index contributed by atoms with van der Waals surface area (Å²) in [6, 6.07) is 6.76. The van der Waals surface area contributed by atoms with E-state index in [4.69, 9.17) is 9.05 Å². The number of rotatable bonds is 7. The predicted octanol–water partition coefficient (Wildman–Crippen LogP) is 3.11. The van der Waals surface area contributed by atoms with E-state index in [0.29, 0.717) is 24.6 Å². The Labute approximate surface area is 126 Å². The first kappa shape index (κ1) is 16.2. The van der Waals surface area contributed by atoms with Gasteiger partial charge in [-0.25, -0.2) is 9.55 Å². The molecule has 6 nitrogen and oxygen atoms in total. The highest BCUT2D eigenvalue weighted by molar-refractivity contribution is 8.54. The third-order valence-corrected chi connectivity index (χ3v) is 6.43. The minimum Gasteiger partial charge on any atom is -0.301 e. The van der Waals surface area contributed by atoms with E-state index >= 15 is 0 Å². The van der Waals surface area contributed by atoms with E-state index in [9.17, 15) is 9.36 Å². The minimum absolute atomic E-state index is 0.168. The summed E-state index contributed by atoms with van der Waals surface area (Å²) < 4.78 is 24.2. The van der Waals surface area contributed by atoms with E-state index in [0.717, 1.165) is 11.4 Å². The van der Waals surface area contributed by atoms with Gasteiger partial charge in [0.2, 0.25) is 0 Å². The first-order valence-corrected chi connectivity index (χ1v) is 9.72. The maximum atomic E-state index is 12.3. The zero-order valence-corrected chi connectivity index (χ0v) is 13.6. The number of hydrogen-bond acceptors (Lipinski definition) is 6. The standard InChI is InChI=1S/C13H17N2O4PS/c1-3-18-20(17,19-4-2)21-10-11-9-13(16)15-8-6-5-7-12(15)14-11/h5-9H,3-4,10H2,1-2H3. The summed E-state index contributed by atoms with van der Waals surface area (Å²) in [5, 5.41) is 0. The summed E-state index contributed by atoms with van der Waals surface area (Å²) in [4.78, 5) is 16.3. The molecule has 0 aliphatic rings. The van der Waals surface area contributed by atoms with Crippen molar-refractivity contribution in [3.05, 3.63) is 46.5 Å². The maximum Gasteiger partial charge on any atom is 0.389 e. The Balaban J connectivity index is 2.20. The topological polar surface area (TPSA) is 69.9 Å². The zero-order valence-electron chi connectivity index (χ0n) is 11.9. The molecule has 2 heterocycles. The molecule has 0 aliphatic heterocycles. The molecule has 0 N–H and O–H groups in total. The molecule has 0 aromatic carbocycles. The van der Waals surface area contributed by atoms with E-state index in [1.807, 2.05) is 6.07 Å². The molecule has 0 saturated carbocycles. The fourth-order valence-electron chi connectivity index (χ4n) is 1.75. The normalized spacial score (nSPS) is 11.9. The van der Waals surface area contributed by atoms with Crippen LogP contribution in [-0.4, -0.2) is 22.6 Å². The van der Waals surface area contributed by atoms with E-state index < -0.39 is 6.80 Å². The molecule has 0 atom stereocenters. The van der Waals surface area contributed by atoms with Crippen molar-refractivity contribution in [2.24, 2.45) is 0 Å². The van der Waals surface area contributed by atoms with Crippen molar-refractivity contribution in [2.45, 2.75) is 19.6 Å². The lowest BCUT2D eigenvalue weighted by atomic mass is 10.4. The Kier molecular flexibility index (Phi) is 5.58. The van der Waals surface area contributed by atoms with Crippen LogP contribution in [0.4, 0.5) is 0 Å². The van der Waals surface area contributed by atoms with Crippen molar-refractivity contribution in [1.82, 2.24) is 9.38 Å². The third-order valence-electron chi connectivity index (χ3n) is 2.57. The summed E-state index contributed by atoms with van der Waals surface area (Å²) in [5.41, 5.74) is 0.943. The lowest BCUT2D eigenvalue weighted by Crippen LogP contribution is -2.14. The van der Waals surface area contributed by atoms with Gasteiger partial charge in [0.15, 0.2) is 0 Å². The Morgan fingerprint density at radius 3 is 2.67 bits per heavy atom. The zero-order chi connectivity index (χ0) is 15.3. The van der Waals surface area contributed by atoms with Crippen molar-refractivity contribution < 1.29 is 13.6 Å². The molecular formula is C13H17N2O4PS. The van der Waals surface area contributed by atoms with Crippen LogP contribution in [0.2, 0.25) is 0 Å². The summed E-state index contributed by atoms with van der Waals surface area (Å²) in [6.45, 7) is 0.929. The Bertz CT molecular complexity index is 709. The minimum atomic E-state index is -3.19. The van der Waals surface area contributed by atoms with Crippen LogP contribution < -0.4 is 5.56 Å². The molecule has 114 valence electrons. The second-order valence-corrected chi connectivity index (χ2v) is 8.14. The van der Waals surface area contributed by atoms with Gasteiger partial charge in [-0.05, 0) is 37.4 Å². The fraction of sp³-hybridized carbons (Fsp3) is 0.385. The van der Waals surface area contributed by atoms with Gasteiger partial charge in [-0.15, -0.1) is 0 Å². The smallest absolute Gasteiger partial charge is 0.301 e. The molecule has 0 amide bonds. The molecular weight excluding hydrogens is 311 g/mol. The second-order valence-electron chi connectivity index (χ2n) is 4.07. The van der Waals surface area contributed by atoms with Crippen LogP contribution in [0.15, 0.2) is 35.3 Å². The SMILES string of the molecule is CCOP(=O)(OCC)SCc1cc(=O)n2ccccc2n1. The van der Waals surface area contributed by atoms with Crippen molar-refractivity contribution in [3.8, 4) is 0 Å². The lowest BCUT2D eigenvalue weighted by molar-refractivity contribution is 0.237. The molecule has 2 rings (SSSR count). The Morgan fingerprint density at radius 1 is 1.29 bits per heavy atom. The lowest BCUT2D eigenvalue weighted by Gasteiger charge is -2.15. The highest BCUT2D eigenvalue weighted by Gasteiger charge is 2.24. The van der Waals surface area contributed by atoms with Crippen molar-refractivity contribution in [3.63, 3.8) is 0 Å². The molecule has 21 heavy (non-hydrogen) atoms. The molecule has 0 fully saturated rings. The van der Waals surface area contributed by atoms with Crippen molar-refractivity contribution in [1.29, 1.82) is 0 Å². The van der Waals surface area contributed by atoms with Crippen molar-refractivity contribution in [2.75, 3.05) is 13.2 Å². The first-order valence-electron chi connectivity index (χ1n) is 6.59. The van der Waals surface area contributed by atoms with E-state index in [-0.39, 0.29) is 11.3 Å². The number of fused-ring (bicyclic) bond motifs is 1. The van der Waals surface area contributed by atoms with Gasteiger partial charge < -0.3 is 9.05 Å².